The summed E-state index contributed by atoms with van der Waals surface area (Å²) in [7, 11) is 0. The fourth-order valence-electron chi connectivity index (χ4n) is 2.99. The topological polar surface area (TPSA) is 45.4 Å². The minimum Gasteiger partial charge on any atom is -0.384 e. The maximum Gasteiger partial charge on any atom is 0.123 e. The first-order chi connectivity index (χ1) is 8.31. The number of fused-ring (bicyclic) bond motifs is 1. The molecule has 4 heteroatoms. The van der Waals surface area contributed by atoms with E-state index in [4.69, 9.17) is 5.73 Å². The van der Waals surface area contributed by atoms with Crippen LogP contribution in [0.25, 0.3) is 0 Å². The highest BCUT2D eigenvalue weighted by molar-refractivity contribution is 5.29. The van der Waals surface area contributed by atoms with Crippen molar-refractivity contribution >= 4 is 5.82 Å². The first kappa shape index (κ1) is 11.0. The van der Waals surface area contributed by atoms with Gasteiger partial charge < -0.3 is 5.73 Å². The maximum atomic E-state index is 5.60. The van der Waals surface area contributed by atoms with Crippen molar-refractivity contribution in [2.45, 2.75) is 25.4 Å². The number of anilines is 1. The normalized spacial score (nSPS) is 26.0. The van der Waals surface area contributed by atoms with Crippen LogP contribution in [0, 0.1) is 0 Å². The zero-order valence-corrected chi connectivity index (χ0v) is 10.2. The number of hydrogen-bond donors (Lipinski definition) is 1. The highest BCUT2D eigenvalue weighted by Gasteiger charge is 2.30. The molecule has 2 aliphatic rings. The van der Waals surface area contributed by atoms with Crippen molar-refractivity contribution in [2.75, 3.05) is 31.9 Å². The van der Waals surface area contributed by atoms with Gasteiger partial charge in [0, 0.05) is 38.4 Å². The van der Waals surface area contributed by atoms with E-state index in [9.17, 15) is 0 Å². The first-order valence-electron chi connectivity index (χ1n) is 6.48. The van der Waals surface area contributed by atoms with E-state index in [1.165, 1.54) is 44.6 Å². The van der Waals surface area contributed by atoms with E-state index < -0.39 is 0 Å². The standard InChI is InChI=1S/C13H20N4/c14-13-4-3-11(8-15-13)9-16-6-7-17-5-1-2-12(17)10-16/h3-4,8,12H,1-2,5-7,9-10H2,(H2,14,15). The van der Waals surface area contributed by atoms with Crippen molar-refractivity contribution < 1.29 is 0 Å². The Bertz CT molecular complexity index is 376. The number of aromatic nitrogens is 1. The number of nitrogen functional groups attached to an aromatic ring is 1. The average Bonchev–Trinajstić information content (AvgIpc) is 2.79. The summed E-state index contributed by atoms with van der Waals surface area (Å²) >= 11 is 0. The molecule has 1 aromatic rings. The largest absolute Gasteiger partial charge is 0.384 e. The van der Waals surface area contributed by atoms with Gasteiger partial charge in [-0.15, -0.1) is 0 Å². The van der Waals surface area contributed by atoms with Gasteiger partial charge in [0.05, 0.1) is 0 Å². The molecule has 0 bridgehead atoms. The van der Waals surface area contributed by atoms with Gasteiger partial charge in [0.2, 0.25) is 0 Å². The Kier molecular flexibility index (Phi) is 2.99. The Balaban J connectivity index is 1.60. The van der Waals surface area contributed by atoms with Crippen LogP contribution >= 0.6 is 0 Å². The molecule has 0 aliphatic carbocycles. The number of pyridine rings is 1. The smallest absolute Gasteiger partial charge is 0.123 e. The summed E-state index contributed by atoms with van der Waals surface area (Å²) in [6.07, 6.45) is 4.65. The minimum atomic E-state index is 0.606. The van der Waals surface area contributed by atoms with E-state index in [1.54, 1.807) is 0 Å². The van der Waals surface area contributed by atoms with Crippen LogP contribution in [0.4, 0.5) is 5.82 Å². The third kappa shape index (κ3) is 2.42. The molecule has 0 aromatic carbocycles. The molecule has 0 amide bonds. The van der Waals surface area contributed by atoms with Crippen molar-refractivity contribution in [3.05, 3.63) is 23.9 Å². The lowest BCUT2D eigenvalue weighted by molar-refractivity contribution is 0.0993. The van der Waals surface area contributed by atoms with Gasteiger partial charge in [-0.05, 0) is 31.0 Å². The monoisotopic (exact) mass is 232 g/mol. The van der Waals surface area contributed by atoms with E-state index in [0.29, 0.717) is 5.82 Å². The van der Waals surface area contributed by atoms with Crippen molar-refractivity contribution in [1.29, 1.82) is 0 Å². The van der Waals surface area contributed by atoms with Crippen molar-refractivity contribution in [2.24, 2.45) is 0 Å². The van der Waals surface area contributed by atoms with E-state index >= 15 is 0 Å². The van der Waals surface area contributed by atoms with E-state index in [2.05, 4.69) is 20.9 Å². The van der Waals surface area contributed by atoms with Gasteiger partial charge in [0.15, 0.2) is 0 Å². The number of hydrogen-bond acceptors (Lipinski definition) is 4. The molecule has 3 heterocycles. The lowest BCUT2D eigenvalue weighted by atomic mass is 10.1. The second-order valence-electron chi connectivity index (χ2n) is 5.16. The molecule has 17 heavy (non-hydrogen) atoms. The molecule has 3 rings (SSSR count). The van der Waals surface area contributed by atoms with Crippen LogP contribution in [-0.2, 0) is 6.54 Å². The van der Waals surface area contributed by atoms with Crippen LogP contribution < -0.4 is 5.73 Å². The first-order valence-corrected chi connectivity index (χ1v) is 6.48. The highest BCUT2D eigenvalue weighted by Crippen LogP contribution is 2.22. The summed E-state index contributed by atoms with van der Waals surface area (Å²) in [5.41, 5.74) is 6.87. The molecule has 0 radical (unpaired) electrons. The summed E-state index contributed by atoms with van der Waals surface area (Å²) in [6.45, 7) is 5.94. The van der Waals surface area contributed by atoms with Crippen molar-refractivity contribution in [3.63, 3.8) is 0 Å². The fraction of sp³-hybridized carbons (Fsp3) is 0.615. The molecule has 2 aliphatic heterocycles. The van der Waals surface area contributed by atoms with Crippen LogP contribution in [0.3, 0.4) is 0 Å². The highest BCUT2D eigenvalue weighted by atomic mass is 15.3. The number of nitrogens with zero attached hydrogens (tertiary/aromatic N) is 3. The maximum absolute atomic E-state index is 5.60. The lowest BCUT2D eigenvalue weighted by Crippen LogP contribution is -2.49. The zero-order chi connectivity index (χ0) is 11.7. The van der Waals surface area contributed by atoms with E-state index in [-0.39, 0.29) is 0 Å². The summed E-state index contributed by atoms with van der Waals surface area (Å²) in [6, 6.07) is 4.77. The lowest BCUT2D eigenvalue weighted by Gasteiger charge is -2.37. The van der Waals surface area contributed by atoms with Crippen molar-refractivity contribution in [1.82, 2.24) is 14.8 Å². The van der Waals surface area contributed by atoms with Crippen LogP contribution in [-0.4, -0.2) is 47.0 Å². The summed E-state index contributed by atoms with van der Waals surface area (Å²) in [4.78, 5) is 9.33. The van der Waals surface area contributed by atoms with Gasteiger partial charge in [0.1, 0.15) is 5.82 Å². The Hall–Kier alpha value is -1.13. The number of nitrogens with two attached hydrogens (primary N) is 1. The molecule has 92 valence electrons. The van der Waals surface area contributed by atoms with Gasteiger partial charge in [-0.25, -0.2) is 4.98 Å². The SMILES string of the molecule is Nc1ccc(CN2CCN3CCCC3C2)cn1. The second-order valence-corrected chi connectivity index (χ2v) is 5.16. The average molecular weight is 232 g/mol. The van der Waals surface area contributed by atoms with Gasteiger partial charge in [-0.3, -0.25) is 9.80 Å². The fourth-order valence-corrected chi connectivity index (χ4v) is 2.99. The van der Waals surface area contributed by atoms with Gasteiger partial charge in [-0.2, -0.15) is 0 Å². The Morgan fingerprint density at radius 2 is 2.24 bits per heavy atom. The number of piperazine rings is 1. The van der Waals surface area contributed by atoms with Gasteiger partial charge >= 0.3 is 0 Å². The summed E-state index contributed by atoms with van der Waals surface area (Å²) < 4.78 is 0. The molecule has 1 aromatic heterocycles. The van der Waals surface area contributed by atoms with E-state index in [0.717, 1.165) is 12.6 Å². The molecule has 2 saturated heterocycles. The summed E-state index contributed by atoms with van der Waals surface area (Å²) in [5.74, 6) is 0.606. The van der Waals surface area contributed by atoms with Crippen LogP contribution in [0.1, 0.15) is 18.4 Å². The Morgan fingerprint density at radius 3 is 3.06 bits per heavy atom. The molecular weight excluding hydrogens is 212 g/mol. The molecule has 2 N–H and O–H groups in total. The predicted molar refractivity (Wildman–Crippen MR) is 68.5 cm³/mol. The quantitative estimate of drug-likeness (QED) is 0.824. The Morgan fingerprint density at radius 1 is 1.29 bits per heavy atom. The third-order valence-electron chi connectivity index (χ3n) is 3.93. The molecular formula is C13H20N4. The predicted octanol–water partition coefficient (Wildman–Crippen LogP) is 0.944. The molecule has 0 spiro atoms. The van der Waals surface area contributed by atoms with Crippen LogP contribution in [0.15, 0.2) is 18.3 Å². The van der Waals surface area contributed by atoms with Crippen molar-refractivity contribution in [3.8, 4) is 0 Å². The summed E-state index contributed by atoms with van der Waals surface area (Å²) in [5, 5.41) is 0. The van der Waals surface area contributed by atoms with Crippen LogP contribution in [0.2, 0.25) is 0 Å². The number of rotatable bonds is 2. The molecule has 0 saturated carbocycles. The second kappa shape index (κ2) is 4.63. The molecule has 2 fully saturated rings. The van der Waals surface area contributed by atoms with E-state index in [1.807, 2.05) is 12.3 Å². The molecule has 1 unspecified atom stereocenters. The molecule has 4 nitrogen and oxygen atoms in total. The van der Waals surface area contributed by atoms with Gasteiger partial charge in [0.25, 0.3) is 0 Å². The van der Waals surface area contributed by atoms with Gasteiger partial charge in [-0.1, -0.05) is 6.07 Å². The molecule has 1 atom stereocenters. The minimum absolute atomic E-state index is 0.606. The zero-order valence-electron chi connectivity index (χ0n) is 10.2. The Labute approximate surface area is 102 Å². The van der Waals surface area contributed by atoms with Crippen LogP contribution in [0.5, 0.6) is 0 Å². The third-order valence-corrected chi connectivity index (χ3v) is 3.93.